The molecule has 1 atom stereocenters. The zero-order valence-corrected chi connectivity index (χ0v) is 9.81. The normalized spacial score (nSPS) is 13.2. The van der Waals surface area contributed by atoms with Gasteiger partial charge < -0.3 is 16.2 Å². The quantitative estimate of drug-likeness (QED) is 0.610. The molecule has 0 saturated heterocycles. The first-order valence-electron chi connectivity index (χ1n) is 5.45. The Morgan fingerprint density at radius 1 is 1.47 bits per heavy atom. The molecule has 2 rings (SSSR count). The van der Waals surface area contributed by atoms with Gasteiger partial charge in [-0.1, -0.05) is 13.8 Å². The first-order valence-corrected chi connectivity index (χ1v) is 5.45. The molecule has 0 radical (unpaired) electrons. The van der Waals surface area contributed by atoms with Gasteiger partial charge in [0.1, 0.15) is 5.82 Å². The average Bonchev–Trinajstić information content (AvgIpc) is 2.72. The second kappa shape index (κ2) is 4.54. The average molecular weight is 236 g/mol. The number of nitrogens with one attached hydrogen (secondary N) is 2. The van der Waals surface area contributed by atoms with Gasteiger partial charge in [-0.2, -0.15) is 15.1 Å². The standard InChI is InChI=1S/C10H16N6O/c1-5(2)7(4-17)13-8-6-3-12-16-9(6)15-10(11)14-8/h3,5,7,17H,4H2,1-2H3,(H4,11,12,13,14,15,16). The van der Waals surface area contributed by atoms with Gasteiger partial charge >= 0.3 is 0 Å². The van der Waals surface area contributed by atoms with E-state index in [2.05, 4.69) is 25.5 Å². The summed E-state index contributed by atoms with van der Waals surface area (Å²) in [6.45, 7) is 4.07. The molecule has 0 aliphatic heterocycles. The summed E-state index contributed by atoms with van der Waals surface area (Å²) in [7, 11) is 0. The molecule has 0 spiro atoms. The minimum absolute atomic E-state index is 0.0287. The van der Waals surface area contributed by atoms with Crippen LogP contribution in [0, 0.1) is 5.92 Å². The number of aromatic nitrogens is 4. The van der Waals surface area contributed by atoms with Gasteiger partial charge in [0.25, 0.3) is 0 Å². The van der Waals surface area contributed by atoms with Crippen LogP contribution in [0.25, 0.3) is 11.0 Å². The summed E-state index contributed by atoms with van der Waals surface area (Å²) in [4.78, 5) is 8.15. The molecule has 7 heteroatoms. The molecule has 92 valence electrons. The van der Waals surface area contributed by atoms with Crippen LogP contribution in [0.4, 0.5) is 11.8 Å². The molecule has 5 N–H and O–H groups in total. The molecule has 0 aliphatic rings. The van der Waals surface area contributed by atoms with Crippen LogP contribution in [0.15, 0.2) is 6.20 Å². The van der Waals surface area contributed by atoms with E-state index in [-0.39, 0.29) is 24.5 Å². The summed E-state index contributed by atoms with van der Waals surface area (Å²) >= 11 is 0. The second-order valence-corrected chi connectivity index (χ2v) is 4.24. The molecule has 0 aliphatic carbocycles. The third-order valence-electron chi connectivity index (χ3n) is 2.65. The van der Waals surface area contributed by atoms with Crippen LogP contribution in [0.3, 0.4) is 0 Å². The van der Waals surface area contributed by atoms with Gasteiger partial charge in [0.2, 0.25) is 5.95 Å². The monoisotopic (exact) mass is 236 g/mol. The van der Waals surface area contributed by atoms with Crippen molar-refractivity contribution in [2.24, 2.45) is 5.92 Å². The van der Waals surface area contributed by atoms with Crippen molar-refractivity contribution in [1.82, 2.24) is 20.2 Å². The third-order valence-corrected chi connectivity index (χ3v) is 2.65. The number of nitrogens with two attached hydrogens (primary N) is 1. The van der Waals surface area contributed by atoms with Crippen molar-refractivity contribution in [3.63, 3.8) is 0 Å². The number of H-pyrrole nitrogens is 1. The first-order chi connectivity index (χ1) is 8.11. The summed E-state index contributed by atoms with van der Waals surface area (Å²) < 4.78 is 0. The van der Waals surface area contributed by atoms with Gasteiger partial charge in [-0.25, -0.2) is 0 Å². The molecule has 2 heterocycles. The number of nitrogen functional groups attached to an aromatic ring is 1. The first kappa shape index (κ1) is 11.6. The van der Waals surface area contributed by atoms with Crippen molar-refractivity contribution in [3.05, 3.63) is 6.20 Å². The zero-order chi connectivity index (χ0) is 12.4. The van der Waals surface area contributed by atoms with Gasteiger partial charge in [-0.05, 0) is 5.92 Å². The molecule has 0 saturated carbocycles. The minimum atomic E-state index is -0.0811. The number of aromatic amines is 1. The molecule has 2 aromatic heterocycles. The summed E-state index contributed by atoms with van der Waals surface area (Å²) in [5, 5.41) is 19.8. The van der Waals surface area contributed by atoms with Crippen molar-refractivity contribution in [3.8, 4) is 0 Å². The van der Waals surface area contributed by atoms with Crippen LogP contribution < -0.4 is 11.1 Å². The van der Waals surface area contributed by atoms with E-state index in [0.717, 1.165) is 5.39 Å². The molecular weight excluding hydrogens is 220 g/mol. The molecule has 17 heavy (non-hydrogen) atoms. The van der Waals surface area contributed by atoms with Gasteiger partial charge in [0.05, 0.1) is 24.2 Å². The molecule has 7 nitrogen and oxygen atoms in total. The lowest BCUT2D eigenvalue weighted by Gasteiger charge is -2.20. The van der Waals surface area contributed by atoms with Crippen molar-refractivity contribution in [2.75, 3.05) is 17.7 Å². The van der Waals surface area contributed by atoms with Crippen LogP contribution in [0.5, 0.6) is 0 Å². The van der Waals surface area contributed by atoms with E-state index >= 15 is 0 Å². The summed E-state index contributed by atoms with van der Waals surface area (Å²) in [5.74, 6) is 1.04. The predicted molar refractivity (Wildman–Crippen MR) is 65.4 cm³/mol. The highest BCUT2D eigenvalue weighted by atomic mass is 16.3. The Morgan fingerprint density at radius 3 is 2.88 bits per heavy atom. The number of aliphatic hydroxyl groups excluding tert-OH is 1. The highest BCUT2D eigenvalue weighted by Crippen LogP contribution is 2.20. The van der Waals surface area contributed by atoms with Crippen molar-refractivity contribution in [1.29, 1.82) is 0 Å². The maximum absolute atomic E-state index is 9.29. The Bertz CT molecular complexity index is 508. The lowest BCUT2D eigenvalue weighted by molar-refractivity contribution is 0.249. The van der Waals surface area contributed by atoms with Crippen LogP contribution in [0.2, 0.25) is 0 Å². The number of anilines is 2. The Kier molecular flexibility index (Phi) is 3.10. The van der Waals surface area contributed by atoms with Crippen molar-refractivity contribution < 1.29 is 5.11 Å². The molecule has 0 fully saturated rings. The van der Waals surface area contributed by atoms with Crippen LogP contribution in [0.1, 0.15) is 13.8 Å². The number of rotatable bonds is 4. The van der Waals surface area contributed by atoms with Crippen LogP contribution in [-0.4, -0.2) is 37.9 Å². The predicted octanol–water partition coefficient (Wildman–Crippen LogP) is 0.364. The number of hydrogen-bond donors (Lipinski definition) is 4. The molecular formula is C10H16N6O. The third kappa shape index (κ3) is 2.28. The van der Waals surface area contributed by atoms with E-state index < -0.39 is 0 Å². The fourth-order valence-corrected chi connectivity index (χ4v) is 1.56. The zero-order valence-electron chi connectivity index (χ0n) is 9.81. The number of nitrogens with zero attached hydrogens (tertiary/aromatic N) is 3. The molecule has 0 bridgehead atoms. The van der Waals surface area contributed by atoms with Crippen LogP contribution >= 0.6 is 0 Å². The van der Waals surface area contributed by atoms with Crippen molar-refractivity contribution in [2.45, 2.75) is 19.9 Å². The van der Waals surface area contributed by atoms with E-state index in [1.807, 2.05) is 13.8 Å². The molecule has 2 aromatic rings. The van der Waals surface area contributed by atoms with Gasteiger partial charge in [-0.3, -0.25) is 5.10 Å². The summed E-state index contributed by atoms with van der Waals surface area (Å²) in [6.07, 6.45) is 1.63. The van der Waals surface area contributed by atoms with E-state index in [9.17, 15) is 5.11 Å². The number of fused-ring (bicyclic) bond motifs is 1. The van der Waals surface area contributed by atoms with Crippen molar-refractivity contribution >= 4 is 22.8 Å². The highest BCUT2D eigenvalue weighted by molar-refractivity contribution is 5.86. The van der Waals surface area contributed by atoms with E-state index in [1.165, 1.54) is 0 Å². The van der Waals surface area contributed by atoms with E-state index in [1.54, 1.807) is 6.20 Å². The van der Waals surface area contributed by atoms with E-state index in [0.29, 0.717) is 11.5 Å². The lowest BCUT2D eigenvalue weighted by atomic mass is 10.1. The van der Waals surface area contributed by atoms with Crippen LogP contribution in [-0.2, 0) is 0 Å². The second-order valence-electron chi connectivity index (χ2n) is 4.24. The Hall–Kier alpha value is -1.89. The molecule has 1 unspecified atom stereocenters. The van der Waals surface area contributed by atoms with Gasteiger partial charge in [0, 0.05) is 0 Å². The highest BCUT2D eigenvalue weighted by Gasteiger charge is 2.15. The summed E-state index contributed by atoms with van der Waals surface area (Å²) in [5.41, 5.74) is 6.19. The Balaban J connectivity index is 2.37. The maximum atomic E-state index is 9.29. The Labute approximate surface area is 98.5 Å². The number of aliphatic hydroxyl groups is 1. The smallest absolute Gasteiger partial charge is 0.224 e. The van der Waals surface area contributed by atoms with Gasteiger partial charge in [-0.15, -0.1) is 0 Å². The number of hydrogen-bond acceptors (Lipinski definition) is 6. The van der Waals surface area contributed by atoms with Gasteiger partial charge in [0.15, 0.2) is 5.65 Å². The fourth-order valence-electron chi connectivity index (χ4n) is 1.56. The maximum Gasteiger partial charge on any atom is 0.224 e. The SMILES string of the molecule is CC(C)C(CO)Nc1nc(N)nc2[nH]ncc12. The molecule has 0 aromatic carbocycles. The fraction of sp³-hybridized carbons (Fsp3) is 0.500. The minimum Gasteiger partial charge on any atom is -0.394 e. The lowest BCUT2D eigenvalue weighted by Crippen LogP contribution is -2.30. The molecule has 0 amide bonds. The largest absolute Gasteiger partial charge is 0.394 e. The topological polar surface area (TPSA) is 113 Å². The summed E-state index contributed by atoms with van der Waals surface area (Å²) in [6, 6.07) is -0.0811. The van der Waals surface area contributed by atoms with E-state index in [4.69, 9.17) is 5.73 Å². The Morgan fingerprint density at radius 2 is 2.24 bits per heavy atom.